The second-order valence-electron chi connectivity index (χ2n) is 6.37. The second kappa shape index (κ2) is 7.87. The number of anilines is 1. The normalized spacial score (nSPS) is 10.4. The van der Waals surface area contributed by atoms with E-state index in [2.05, 4.69) is 10.3 Å². The summed E-state index contributed by atoms with van der Waals surface area (Å²) in [6.45, 7) is 5.53. The number of hydrogen-bond acceptors (Lipinski definition) is 5. The molecule has 0 fully saturated rings. The van der Waals surface area contributed by atoms with E-state index in [0.717, 1.165) is 11.1 Å². The summed E-state index contributed by atoms with van der Waals surface area (Å²) in [7, 11) is 0. The Bertz CT molecular complexity index is 1060. The van der Waals surface area contributed by atoms with E-state index in [-0.39, 0.29) is 11.6 Å². The van der Waals surface area contributed by atoms with E-state index >= 15 is 0 Å². The first-order chi connectivity index (χ1) is 13.4. The fourth-order valence-corrected chi connectivity index (χ4v) is 2.70. The van der Waals surface area contributed by atoms with Crippen molar-refractivity contribution in [2.24, 2.45) is 0 Å². The Kier molecular flexibility index (Phi) is 5.35. The summed E-state index contributed by atoms with van der Waals surface area (Å²) in [4.78, 5) is 27.3. The number of ether oxygens (including phenoxy) is 1. The highest BCUT2D eigenvalue weighted by Crippen LogP contribution is 2.30. The zero-order valence-corrected chi connectivity index (χ0v) is 15.7. The first kappa shape index (κ1) is 19.0. The highest BCUT2D eigenvalue weighted by atomic mass is 16.6. The average Bonchev–Trinajstić information content (AvgIpc) is 2.66. The number of nitrogens with zero attached hydrogens (tertiary/aromatic N) is 2. The fraction of sp³-hybridized carbons (Fsp3) is 0.143. The van der Waals surface area contributed by atoms with Gasteiger partial charge in [-0.2, -0.15) is 0 Å². The third kappa shape index (κ3) is 3.98. The number of hydrogen-bond donors (Lipinski definition) is 1. The number of amides is 1. The minimum atomic E-state index is -0.478. The molecule has 0 aliphatic heterocycles. The number of nitro benzene ring substituents is 1. The highest BCUT2D eigenvalue weighted by molar-refractivity contribution is 6.05. The van der Waals surface area contributed by atoms with E-state index in [9.17, 15) is 14.9 Å². The molecule has 0 spiro atoms. The lowest BCUT2D eigenvalue weighted by molar-refractivity contribution is -0.385. The summed E-state index contributed by atoms with van der Waals surface area (Å²) in [5.41, 5.74) is 3.17. The van der Waals surface area contributed by atoms with Crippen LogP contribution in [0.3, 0.4) is 0 Å². The van der Waals surface area contributed by atoms with E-state index < -0.39 is 10.8 Å². The molecule has 0 atom stereocenters. The second-order valence-corrected chi connectivity index (χ2v) is 6.37. The van der Waals surface area contributed by atoms with E-state index in [1.54, 1.807) is 25.3 Å². The van der Waals surface area contributed by atoms with Gasteiger partial charge < -0.3 is 10.1 Å². The van der Waals surface area contributed by atoms with E-state index in [1.165, 1.54) is 18.2 Å². The van der Waals surface area contributed by atoms with Crippen LogP contribution in [0.2, 0.25) is 0 Å². The van der Waals surface area contributed by atoms with Crippen molar-refractivity contribution in [2.75, 3.05) is 5.32 Å². The van der Waals surface area contributed by atoms with Crippen LogP contribution in [0.15, 0.2) is 54.7 Å². The van der Waals surface area contributed by atoms with Crippen LogP contribution < -0.4 is 10.1 Å². The molecular weight excluding hydrogens is 358 g/mol. The van der Waals surface area contributed by atoms with Crippen LogP contribution >= 0.6 is 0 Å². The number of aromatic nitrogens is 1. The fourth-order valence-electron chi connectivity index (χ4n) is 2.70. The lowest BCUT2D eigenvalue weighted by Gasteiger charge is -2.13. The molecule has 0 saturated carbocycles. The van der Waals surface area contributed by atoms with Crippen molar-refractivity contribution in [3.63, 3.8) is 0 Å². The summed E-state index contributed by atoms with van der Waals surface area (Å²) in [6.07, 6.45) is 1.58. The Morgan fingerprint density at radius 2 is 1.86 bits per heavy atom. The maximum Gasteiger partial charge on any atom is 0.272 e. The molecule has 1 heterocycles. The van der Waals surface area contributed by atoms with Crippen LogP contribution in [0.5, 0.6) is 11.6 Å². The van der Waals surface area contributed by atoms with Crippen LogP contribution in [-0.4, -0.2) is 15.8 Å². The Morgan fingerprint density at radius 3 is 2.57 bits per heavy atom. The molecule has 3 rings (SSSR count). The van der Waals surface area contributed by atoms with Crippen LogP contribution in [0, 0.1) is 30.9 Å². The molecule has 0 saturated heterocycles. The van der Waals surface area contributed by atoms with Gasteiger partial charge in [0.1, 0.15) is 11.4 Å². The van der Waals surface area contributed by atoms with Crippen LogP contribution in [0.25, 0.3) is 0 Å². The van der Waals surface area contributed by atoms with Crippen molar-refractivity contribution < 1.29 is 14.5 Å². The van der Waals surface area contributed by atoms with Gasteiger partial charge >= 0.3 is 0 Å². The molecule has 0 aliphatic carbocycles. The van der Waals surface area contributed by atoms with E-state index in [0.29, 0.717) is 22.6 Å². The molecule has 2 aromatic carbocycles. The SMILES string of the molecule is Cc1cc(C(=O)Nc2cccnc2Oc2cccc(C)c2C)ccc1[N+](=O)[O-]. The highest BCUT2D eigenvalue weighted by Gasteiger charge is 2.16. The predicted octanol–water partition coefficient (Wildman–Crippen LogP) is 4.96. The van der Waals surface area contributed by atoms with Crippen molar-refractivity contribution in [2.45, 2.75) is 20.8 Å². The third-order valence-electron chi connectivity index (χ3n) is 4.44. The summed E-state index contributed by atoms with van der Waals surface area (Å²) < 4.78 is 5.92. The van der Waals surface area contributed by atoms with Gasteiger partial charge in [-0.05, 0) is 62.2 Å². The zero-order valence-electron chi connectivity index (χ0n) is 15.7. The minimum absolute atomic E-state index is 0.0307. The molecule has 0 radical (unpaired) electrons. The Labute approximate surface area is 162 Å². The van der Waals surface area contributed by atoms with Crippen LogP contribution in [0.1, 0.15) is 27.0 Å². The van der Waals surface area contributed by atoms with Gasteiger partial charge in [-0.3, -0.25) is 14.9 Å². The van der Waals surface area contributed by atoms with Gasteiger partial charge in [0.05, 0.1) is 4.92 Å². The van der Waals surface area contributed by atoms with Gasteiger partial charge in [-0.1, -0.05) is 12.1 Å². The Hall–Kier alpha value is -3.74. The summed E-state index contributed by atoms with van der Waals surface area (Å²) in [5.74, 6) is 0.514. The Balaban J connectivity index is 1.85. The van der Waals surface area contributed by atoms with Gasteiger partial charge in [-0.25, -0.2) is 4.98 Å². The van der Waals surface area contributed by atoms with Gasteiger partial charge in [0.2, 0.25) is 5.88 Å². The number of nitrogens with one attached hydrogen (secondary N) is 1. The Morgan fingerprint density at radius 1 is 1.07 bits per heavy atom. The van der Waals surface area contributed by atoms with Gasteiger partial charge in [0.25, 0.3) is 11.6 Å². The summed E-state index contributed by atoms with van der Waals surface area (Å²) in [6, 6.07) is 13.3. The standard InChI is InChI=1S/C21H19N3O4/c1-13-6-4-8-19(15(13)3)28-21-17(7-5-11-22-21)23-20(25)16-9-10-18(24(26)27)14(2)12-16/h4-12H,1-3H3,(H,23,25). The average molecular weight is 377 g/mol. The molecule has 0 bridgehead atoms. The maximum atomic E-state index is 12.6. The van der Waals surface area contributed by atoms with Crippen molar-refractivity contribution >= 4 is 17.3 Å². The van der Waals surface area contributed by atoms with Gasteiger partial charge in [0, 0.05) is 23.4 Å². The number of pyridine rings is 1. The number of rotatable bonds is 5. The number of carbonyl (C=O) groups is 1. The topological polar surface area (TPSA) is 94.4 Å². The predicted molar refractivity (Wildman–Crippen MR) is 106 cm³/mol. The van der Waals surface area contributed by atoms with Gasteiger partial charge in [0.15, 0.2) is 0 Å². The maximum absolute atomic E-state index is 12.6. The smallest absolute Gasteiger partial charge is 0.272 e. The van der Waals surface area contributed by atoms with Crippen molar-refractivity contribution in [3.8, 4) is 11.6 Å². The molecule has 0 unspecified atom stereocenters. The molecule has 3 aromatic rings. The molecule has 0 aliphatic rings. The number of nitro groups is 1. The number of benzene rings is 2. The first-order valence-corrected chi connectivity index (χ1v) is 8.62. The molecule has 7 nitrogen and oxygen atoms in total. The van der Waals surface area contributed by atoms with Crippen molar-refractivity contribution in [3.05, 3.63) is 87.1 Å². The molecule has 1 N–H and O–H groups in total. The quantitative estimate of drug-likeness (QED) is 0.501. The number of aryl methyl sites for hydroxylation is 2. The van der Waals surface area contributed by atoms with E-state index in [4.69, 9.17) is 4.74 Å². The summed E-state index contributed by atoms with van der Waals surface area (Å²) >= 11 is 0. The largest absolute Gasteiger partial charge is 0.437 e. The molecular formula is C21H19N3O4. The van der Waals surface area contributed by atoms with E-state index in [1.807, 2.05) is 32.0 Å². The van der Waals surface area contributed by atoms with Gasteiger partial charge in [-0.15, -0.1) is 0 Å². The zero-order chi connectivity index (χ0) is 20.3. The summed E-state index contributed by atoms with van der Waals surface area (Å²) in [5, 5.41) is 13.7. The number of carbonyl (C=O) groups excluding carboxylic acids is 1. The van der Waals surface area contributed by atoms with Crippen LogP contribution in [-0.2, 0) is 0 Å². The molecule has 142 valence electrons. The lowest BCUT2D eigenvalue weighted by atomic mass is 10.1. The first-order valence-electron chi connectivity index (χ1n) is 8.62. The monoisotopic (exact) mass is 377 g/mol. The molecule has 28 heavy (non-hydrogen) atoms. The molecule has 1 amide bonds. The molecule has 7 heteroatoms. The van der Waals surface area contributed by atoms with Crippen molar-refractivity contribution in [1.29, 1.82) is 0 Å². The van der Waals surface area contributed by atoms with Crippen molar-refractivity contribution in [1.82, 2.24) is 4.98 Å². The molecule has 1 aromatic heterocycles. The van der Waals surface area contributed by atoms with Crippen LogP contribution in [0.4, 0.5) is 11.4 Å². The third-order valence-corrected chi connectivity index (χ3v) is 4.44. The minimum Gasteiger partial charge on any atom is -0.437 e. The lowest BCUT2D eigenvalue weighted by Crippen LogP contribution is -2.13.